The van der Waals surface area contributed by atoms with Gasteiger partial charge in [0.15, 0.2) is 0 Å². The molecule has 0 radical (unpaired) electrons. The first-order valence-corrected chi connectivity index (χ1v) is 5.00. The lowest BCUT2D eigenvalue weighted by molar-refractivity contribution is 0.132. The summed E-state index contributed by atoms with van der Waals surface area (Å²) in [4.78, 5) is 2.38. The summed E-state index contributed by atoms with van der Waals surface area (Å²) in [5.74, 6) is 1.62. The molecule has 0 aliphatic carbocycles. The monoisotopic (exact) mass is 170 g/mol. The molecule has 1 N–H and O–H groups in total. The third kappa shape index (κ3) is 2.20. The SMILES string of the molecule is CC(C)C1CNCCC1N(C)C. The zero-order chi connectivity index (χ0) is 9.14. The van der Waals surface area contributed by atoms with Crippen LogP contribution < -0.4 is 5.32 Å². The first kappa shape index (κ1) is 10.0. The van der Waals surface area contributed by atoms with Gasteiger partial charge in [-0.05, 0) is 45.4 Å². The minimum Gasteiger partial charge on any atom is -0.316 e. The second-order valence-corrected chi connectivity index (χ2v) is 4.43. The Morgan fingerprint density at radius 1 is 1.33 bits per heavy atom. The average molecular weight is 170 g/mol. The van der Waals surface area contributed by atoms with Crippen molar-refractivity contribution in [2.75, 3.05) is 27.2 Å². The van der Waals surface area contributed by atoms with Crippen LogP contribution in [-0.2, 0) is 0 Å². The van der Waals surface area contributed by atoms with E-state index in [4.69, 9.17) is 0 Å². The Morgan fingerprint density at radius 2 is 2.00 bits per heavy atom. The Hall–Kier alpha value is -0.0800. The predicted octanol–water partition coefficient (Wildman–Crippen LogP) is 1.18. The first-order valence-electron chi connectivity index (χ1n) is 5.00. The van der Waals surface area contributed by atoms with Crippen molar-refractivity contribution in [1.29, 1.82) is 0 Å². The van der Waals surface area contributed by atoms with Gasteiger partial charge in [-0.1, -0.05) is 13.8 Å². The quantitative estimate of drug-likeness (QED) is 0.669. The molecule has 0 aromatic carbocycles. The van der Waals surface area contributed by atoms with Crippen molar-refractivity contribution in [2.24, 2.45) is 11.8 Å². The molecule has 1 heterocycles. The van der Waals surface area contributed by atoms with E-state index >= 15 is 0 Å². The molecule has 0 amide bonds. The summed E-state index contributed by atoms with van der Waals surface area (Å²) >= 11 is 0. The molecule has 2 unspecified atom stereocenters. The fraction of sp³-hybridized carbons (Fsp3) is 1.00. The van der Waals surface area contributed by atoms with Crippen LogP contribution in [0.3, 0.4) is 0 Å². The van der Waals surface area contributed by atoms with Gasteiger partial charge in [0.2, 0.25) is 0 Å². The molecule has 1 aliphatic heterocycles. The van der Waals surface area contributed by atoms with Gasteiger partial charge in [0.1, 0.15) is 0 Å². The lowest BCUT2D eigenvalue weighted by Gasteiger charge is -2.38. The molecule has 2 nitrogen and oxygen atoms in total. The number of piperidine rings is 1. The van der Waals surface area contributed by atoms with Crippen molar-refractivity contribution >= 4 is 0 Å². The number of nitrogens with zero attached hydrogens (tertiary/aromatic N) is 1. The summed E-state index contributed by atoms with van der Waals surface area (Å²) < 4.78 is 0. The van der Waals surface area contributed by atoms with Crippen molar-refractivity contribution in [3.05, 3.63) is 0 Å². The van der Waals surface area contributed by atoms with Gasteiger partial charge >= 0.3 is 0 Å². The van der Waals surface area contributed by atoms with E-state index in [0.717, 1.165) is 17.9 Å². The molecule has 2 heteroatoms. The van der Waals surface area contributed by atoms with Crippen molar-refractivity contribution in [3.8, 4) is 0 Å². The third-order valence-corrected chi connectivity index (χ3v) is 3.01. The Morgan fingerprint density at radius 3 is 2.42 bits per heavy atom. The fourth-order valence-electron chi connectivity index (χ4n) is 2.19. The standard InChI is InChI=1S/C10H22N2/c1-8(2)9-7-11-6-5-10(9)12(3)4/h8-11H,5-7H2,1-4H3. The zero-order valence-electron chi connectivity index (χ0n) is 8.80. The van der Waals surface area contributed by atoms with Crippen molar-refractivity contribution in [1.82, 2.24) is 10.2 Å². The van der Waals surface area contributed by atoms with Gasteiger partial charge in [-0.3, -0.25) is 0 Å². The van der Waals surface area contributed by atoms with E-state index in [1.54, 1.807) is 0 Å². The Labute approximate surface area is 76.3 Å². The predicted molar refractivity (Wildman–Crippen MR) is 53.3 cm³/mol. The van der Waals surface area contributed by atoms with E-state index in [2.05, 4.69) is 38.2 Å². The topological polar surface area (TPSA) is 15.3 Å². The van der Waals surface area contributed by atoms with E-state index in [1.165, 1.54) is 19.5 Å². The molecule has 2 atom stereocenters. The highest BCUT2D eigenvalue weighted by molar-refractivity contribution is 4.84. The molecule has 1 saturated heterocycles. The van der Waals surface area contributed by atoms with Crippen LogP contribution in [0, 0.1) is 11.8 Å². The van der Waals surface area contributed by atoms with Crippen LogP contribution in [0.1, 0.15) is 20.3 Å². The van der Waals surface area contributed by atoms with E-state index in [-0.39, 0.29) is 0 Å². The number of hydrogen-bond donors (Lipinski definition) is 1. The van der Waals surface area contributed by atoms with Crippen LogP contribution in [-0.4, -0.2) is 38.1 Å². The molecule has 12 heavy (non-hydrogen) atoms. The molecule has 72 valence electrons. The summed E-state index contributed by atoms with van der Waals surface area (Å²) in [6, 6.07) is 0.784. The molecule has 0 aromatic heterocycles. The Bertz CT molecular complexity index is 116. The van der Waals surface area contributed by atoms with Crippen LogP contribution in [0.2, 0.25) is 0 Å². The maximum absolute atomic E-state index is 3.47. The second kappa shape index (κ2) is 4.24. The number of nitrogens with one attached hydrogen (secondary N) is 1. The maximum Gasteiger partial charge on any atom is 0.0144 e. The highest BCUT2D eigenvalue weighted by Crippen LogP contribution is 2.22. The molecular weight excluding hydrogens is 148 g/mol. The third-order valence-electron chi connectivity index (χ3n) is 3.01. The van der Waals surface area contributed by atoms with Crippen LogP contribution in [0.15, 0.2) is 0 Å². The van der Waals surface area contributed by atoms with Crippen molar-refractivity contribution in [2.45, 2.75) is 26.3 Å². The maximum atomic E-state index is 3.47. The Kier molecular flexibility index (Phi) is 3.53. The minimum absolute atomic E-state index is 0.784. The molecule has 0 aromatic rings. The van der Waals surface area contributed by atoms with Gasteiger partial charge in [0.25, 0.3) is 0 Å². The average Bonchev–Trinajstić information content (AvgIpc) is 2.04. The smallest absolute Gasteiger partial charge is 0.0144 e. The molecule has 0 saturated carbocycles. The number of rotatable bonds is 2. The van der Waals surface area contributed by atoms with Crippen LogP contribution in [0.5, 0.6) is 0 Å². The van der Waals surface area contributed by atoms with Gasteiger partial charge in [0.05, 0.1) is 0 Å². The van der Waals surface area contributed by atoms with Crippen molar-refractivity contribution < 1.29 is 0 Å². The molecule has 1 fully saturated rings. The van der Waals surface area contributed by atoms with E-state index < -0.39 is 0 Å². The molecule has 0 spiro atoms. The largest absolute Gasteiger partial charge is 0.316 e. The first-order chi connectivity index (χ1) is 5.63. The summed E-state index contributed by atoms with van der Waals surface area (Å²) in [7, 11) is 4.40. The summed E-state index contributed by atoms with van der Waals surface area (Å²) in [5, 5.41) is 3.47. The van der Waals surface area contributed by atoms with Gasteiger partial charge < -0.3 is 10.2 Å². The lowest BCUT2D eigenvalue weighted by atomic mass is 9.84. The highest BCUT2D eigenvalue weighted by atomic mass is 15.1. The minimum atomic E-state index is 0.784. The van der Waals surface area contributed by atoms with Crippen LogP contribution in [0.4, 0.5) is 0 Å². The molecule has 0 bridgehead atoms. The van der Waals surface area contributed by atoms with Gasteiger partial charge in [-0.15, -0.1) is 0 Å². The number of hydrogen-bond acceptors (Lipinski definition) is 2. The summed E-state index contributed by atoms with van der Waals surface area (Å²) in [5.41, 5.74) is 0. The van der Waals surface area contributed by atoms with Gasteiger partial charge in [-0.2, -0.15) is 0 Å². The van der Waals surface area contributed by atoms with E-state index in [1.807, 2.05) is 0 Å². The zero-order valence-corrected chi connectivity index (χ0v) is 8.80. The second-order valence-electron chi connectivity index (χ2n) is 4.43. The lowest BCUT2D eigenvalue weighted by Crippen LogP contribution is -2.48. The van der Waals surface area contributed by atoms with E-state index in [9.17, 15) is 0 Å². The van der Waals surface area contributed by atoms with Crippen LogP contribution >= 0.6 is 0 Å². The summed E-state index contributed by atoms with van der Waals surface area (Å²) in [6.07, 6.45) is 1.30. The molecule has 1 aliphatic rings. The Balaban J connectivity index is 2.54. The van der Waals surface area contributed by atoms with Gasteiger partial charge in [-0.25, -0.2) is 0 Å². The molecule has 1 rings (SSSR count). The fourth-order valence-corrected chi connectivity index (χ4v) is 2.19. The summed E-state index contributed by atoms with van der Waals surface area (Å²) in [6.45, 7) is 7.04. The van der Waals surface area contributed by atoms with Crippen LogP contribution in [0.25, 0.3) is 0 Å². The van der Waals surface area contributed by atoms with Gasteiger partial charge in [0, 0.05) is 6.04 Å². The normalized spacial score (nSPS) is 31.5. The highest BCUT2D eigenvalue weighted by Gasteiger charge is 2.28. The molecular formula is C10H22N2. The van der Waals surface area contributed by atoms with Crippen molar-refractivity contribution in [3.63, 3.8) is 0 Å². The van der Waals surface area contributed by atoms with E-state index in [0.29, 0.717) is 0 Å².